The fraction of sp³-hybridized carbons (Fsp3) is 0.300. The SMILES string of the molecule is COC(=O)C1=C(C)NC2=C(C(=O)CCC2)[C@@H]1c1c[nH]c2ccccc12. The number of aromatic amines is 1. The summed E-state index contributed by atoms with van der Waals surface area (Å²) < 4.78 is 5.03. The number of H-pyrrole nitrogens is 1. The molecule has 0 radical (unpaired) electrons. The Morgan fingerprint density at radius 3 is 2.84 bits per heavy atom. The molecule has 0 fully saturated rings. The fourth-order valence-corrected chi connectivity index (χ4v) is 4.01. The van der Waals surface area contributed by atoms with E-state index in [4.69, 9.17) is 4.74 Å². The molecule has 0 amide bonds. The van der Waals surface area contributed by atoms with E-state index in [1.165, 1.54) is 7.11 Å². The second-order valence-electron chi connectivity index (χ2n) is 6.55. The summed E-state index contributed by atoms with van der Waals surface area (Å²) in [5.41, 5.74) is 4.86. The second-order valence-corrected chi connectivity index (χ2v) is 6.55. The molecule has 5 heteroatoms. The molecule has 5 nitrogen and oxygen atoms in total. The Morgan fingerprint density at radius 2 is 2.04 bits per heavy atom. The molecule has 0 bridgehead atoms. The van der Waals surface area contributed by atoms with Crippen molar-refractivity contribution in [2.24, 2.45) is 0 Å². The van der Waals surface area contributed by atoms with Crippen molar-refractivity contribution in [3.8, 4) is 0 Å². The fourth-order valence-electron chi connectivity index (χ4n) is 4.01. The van der Waals surface area contributed by atoms with Crippen molar-refractivity contribution in [1.29, 1.82) is 0 Å². The van der Waals surface area contributed by atoms with Gasteiger partial charge in [0.1, 0.15) is 0 Å². The Morgan fingerprint density at radius 1 is 1.24 bits per heavy atom. The van der Waals surface area contributed by atoms with E-state index < -0.39 is 11.9 Å². The number of benzene rings is 1. The Kier molecular flexibility index (Phi) is 3.71. The number of fused-ring (bicyclic) bond motifs is 1. The van der Waals surface area contributed by atoms with Gasteiger partial charge in [0, 0.05) is 40.5 Å². The number of carbonyl (C=O) groups excluding carboxylic acids is 2. The molecule has 2 heterocycles. The second kappa shape index (κ2) is 5.92. The van der Waals surface area contributed by atoms with Crippen molar-refractivity contribution in [2.75, 3.05) is 7.11 Å². The van der Waals surface area contributed by atoms with Crippen LogP contribution in [0.4, 0.5) is 0 Å². The van der Waals surface area contributed by atoms with Gasteiger partial charge in [-0.3, -0.25) is 4.79 Å². The molecule has 0 unspecified atom stereocenters. The van der Waals surface area contributed by atoms with Crippen LogP contribution in [-0.4, -0.2) is 23.8 Å². The maximum Gasteiger partial charge on any atom is 0.336 e. The monoisotopic (exact) mass is 336 g/mol. The van der Waals surface area contributed by atoms with Gasteiger partial charge in [0.05, 0.1) is 18.6 Å². The van der Waals surface area contributed by atoms with Gasteiger partial charge in [-0.2, -0.15) is 0 Å². The van der Waals surface area contributed by atoms with Crippen molar-refractivity contribution < 1.29 is 14.3 Å². The molecule has 1 aliphatic carbocycles. The lowest BCUT2D eigenvalue weighted by atomic mass is 9.75. The number of esters is 1. The van der Waals surface area contributed by atoms with Crippen molar-refractivity contribution in [3.63, 3.8) is 0 Å². The summed E-state index contributed by atoms with van der Waals surface area (Å²) in [6.07, 6.45) is 4.09. The smallest absolute Gasteiger partial charge is 0.336 e. The first kappa shape index (κ1) is 15.7. The molecule has 4 rings (SSSR count). The molecule has 1 atom stereocenters. The number of hydrogen-bond donors (Lipinski definition) is 2. The van der Waals surface area contributed by atoms with E-state index in [-0.39, 0.29) is 5.78 Å². The Labute approximate surface area is 145 Å². The van der Waals surface area contributed by atoms with Crippen molar-refractivity contribution in [3.05, 3.63) is 58.6 Å². The van der Waals surface area contributed by atoms with Crippen LogP contribution in [0.25, 0.3) is 10.9 Å². The molecule has 128 valence electrons. The number of rotatable bonds is 2. The average molecular weight is 336 g/mol. The van der Waals surface area contributed by atoms with E-state index in [0.717, 1.165) is 40.7 Å². The van der Waals surface area contributed by atoms with Crippen LogP contribution in [0.5, 0.6) is 0 Å². The molecule has 25 heavy (non-hydrogen) atoms. The molecule has 1 aromatic heterocycles. The standard InChI is InChI=1S/C20H20N2O3/c1-11-17(20(24)25-2)18(19-15(22-11)8-5-9-16(19)23)13-10-21-14-7-4-3-6-12(13)14/h3-4,6-7,10,18,21-22H,5,8-9H2,1-2H3/t18-/m1/s1. The topological polar surface area (TPSA) is 71.2 Å². The highest BCUT2D eigenvalue weighted by molar-refractivity contribution is 6.05. The summed E-state index contributed by atoms with van der Waals surface area (Å²) in [7, 11) is 1.38. The number of para-hydroxylation sites is 1. The Bertz CT molecular complexity index is 949. The van der Waals surface area contributed by atoms with Crippen molar-refractivity contribution >= 4 is 22.7 Å². The van der Waals surface area contributed by atoms with Crippen LogP contribution in [0.1, 0.15) is 37.7 Å². The number of allylic oxidation sites excluding steroid dienone is 3. The van der Waals surface area contributed by atoms with Crippen LogP contribution in [0, 0.1) is 0 Å². The number of methoxy groups -OCH3 is 1. The predicted octanol–water partition coefficient (Wildman–Crippen LogP) is 3.31. The number of carbonyl (C=O) groups is 2. The highest BCUT2D eigenvalue weighted by atomic mass is 16.5. The van der Waals surface area contributed by atoms with Crippen LogP contribution in [-0.2, 0) is 14.3 Å². The van der Waals surface area contributed by atoms with Gasteiger partial charge in [-0.25, -0.2) is 4.79 Å². The zero-order valence-corrected chi connectivity index (χ0v) is 14.3. The van der Waals surface area contributed by atoms with E-state index in [1.807, 2.05) is 37.4 Å². The van der Waals surface area contributed by atoms with Gasteiger partial charge in [0.25, 0.3) is 0 Å². The minimum atomic E-state index is -0.398. The summed E-state index contributed by atoms with van der Waals surface area (Å²) >= 11 is 0. The van der Waals surface area contributed by atoms with Gasteiger partial charge >= 0.3 is 5.97 Å². The largest absolute Gasteiger partial charge is 0.466 e. The summed E-state index contributed by atoms with van der Waals surface area (Å²) in [5.74, 6) is -0.684. The quantitative estimate of drug-likeness (QED) is 0.826. The van der Waals surface area contributed by atoms with Crippen LogP contribution in [0.15, 0.2) is 53.0 Å². The van der Waals surface area contributed by atoms with Gasteiger partial charge < -0.3 is 15.0 Å². The molecule has 1 aliphatic heterocycles. The first-order chi connectivity index (χ1) is 12.1. The number of ether oxygens (including phenoxy) is 1. The molecule has 2 aromatic rings. The van der Waals surface area contributed by atoms with Crippen LogP contribution >= 0.6 is 0 Å². The summed E-state index contributed by atoms with van der Waals surface area (Å²) in [6.45, 7) is 1.87. The minimum Gasteiger partial charge on any atom is -0.466 e. The lowest BCUT2D eigenvalue weighted by Gasteiger charge is -2.33. The Hall–Kier alpha value is -2.82. The molecular weight excluding hydrogens is 316 g/mol. The third-order valence-electron chi connectivity index (χ3n) is 5.11. The number of ketones is 1. The van der Waals surface area contributed by atoms with Gasteiger partial charge in [0.15, 0.2) is 5.78 Å². The highest BCUT2D eigenvalue weighted by Crippen LogP contribution is 2.44. The normalized spacial score (nSPS) is 20.6. The highest BCUT2D eigenvalue weighted by Gasteiger charge is 2.39. The van der Waals surface area contributed by atoms with E-state index in [1.54, 1.807) is 0 Å². The minimum absolute atomic E-state index is 0.109. The van der Waals surface area contributed by atoms with Crippen molar-refractivity contribution in [1.82, 2.24) is 10.3 Å². The number of hydrogen-bond acceptors (Lipinski definition) is 4. The number of nitrogens with one attached hydrogen (secondary N) is 2. The summed E-state index contributed by atoms with van der Waals surface area (Å²) in [5, 5.41) is 4.30. The lowest BCUT2D eigenvalue weighted by molar-refractivity contribution is -0.136. The third kappa shape index (κ3) is 2.38. The zero-order valence-electron chi connectivity index (χ0n) is 14.3. The molecule has 1 aromatic carbocycles. The summed E-state index contributed by atoms with van der Waals surface area (Å²) in [4.78, 5) is 28.5. The molecule has 0 spiro atoms. The lowest BCUT2D eigenvalue weighted by Crippen LogP contribution is -2.34. The molecule has 0 saturated heterocycles. The van der Waals surface area contributed by atoms with Crippen LogP contribution in [0.2, 0.25) is 0 Å². The molecular formula is C20H20N2O3. The molecule has 0 saturated carbocycles. The third-order valence-corrected chi connectivity index (χ3v) is 5.11. The average Bonchev–Trinajstić information content (AvgIpc) is 3.04. The van der Waals surface area contributed by atoms with Gasteiger partial charge in [-0.05, 0) is 31.4 Å². The van der Waals surface area contributed by atoms with Gasteiger partial charge in [0.2, 0.25) is 0 Å². The number of dihydropyridines is 1. The van der Waals surface area contributed by atoms with E-state index in [0.29, 0.717) is 17.6 Å². The zero-order chi connectivity index (χ0) is 17.6. The summed E-state index contributed by atoms with van der Waals surface area (Å²) in [6, 6.07) is 7.93. The van der Waals surface area contributed by atoms with Crippen molar-refractivity contribution in [2.45, 2.75) is 32.1 Å². The van der Waals surface area contributed by atoms with Crippen LogP contribution in [0.3, 0.4) is 0 Å². The first-order valence-corrected chi connectivity index (χ1v) is 8.50. The maximum absolute atomic E-state index is 12.8. The number of Topliss-reactive ketones (excluding diaryl/α,β-unsaturated/α-hetero) is 1. The molecule has 2 N–H and O–H groups in total. The number of aromatic nitrogens is 1. The Balaban J connectivity index is 1.98. The maximum atomic E-state index is 12.8. The van der Waals surface area contributed by atoms with E-state index >= 15 is 0 Å². The van der Waals surface area contributed by atoms with Gasteiger partial charge in [-0.15, -0.1) is 0 Å². The van der Waals surface area contributed by atoms with Gasteiger partial charge in [-0.1, -0.05) is 18.2 Å². The molecule has 2 aliphatic rings. The van der Waals surface area contributed by atoms with E-state index in [2.05, 4.69) is 10.3 Å². The predicted molar refractivity (Wildman–Crippen MR) is 94.8 cm³/mol. The van der Waals surface area contributed by atoms with Crippen LogP contribution < -0.4 is 5.32 Å². The van der Waals surface area contributed by atoms with E-state index in [9.17, 15) is 9.59 Å². The first-order valence-electron chi connectivity index (χ1n) is 8.50.